The van der Waals surface area contributed by atoms with Gasteiger partial charge in [-0.1, -0.05) is 38.0 Å². The van der Waals surface area contributed by atoms with Gasteiger partial charge in [-0.25, -0.2) is 4.79 Å². The number of fused-ring (bicyclic) bond motifs is 1. The molecule has 0 amide bonds. The number of allylic oxidation sites excluding steroid dienone is 3. The molecule has 0 N–H and O–H groups in total. The van der Waals surface area contributed by atoms with Crippen LogP contribution in [0.1, 0.15) is 73.1 Å². The van der Waals surface area contributed by atoms with E-state index in [0.717, 1.165) is 23.8 Å². The van der Waals surface area contributed by atoms with Crippen molar-refractivity contribution in [1.82, 2.24) is 0 Å². The molecule has 0 aromatic rings. The highest BCUT2D eigenvalue weighted by Gasteiger charge is 2.52. The summed E-state index contributed by atoms with van der Waals surface area (Å²) in [6.07, 6.45) is 11.5. The van der Waals surface area contributed by atoms with Gasteiger partial charge in [-0.3, -0.25) is 0 Å². The molecule has 0 aromatic heterocycles. The smallest absolute Gasteiger partial charge is 0.330 e. The van der Waals surface area contributed by atoms with Gasteiger partial charge in [0.25, 0.3) is 0 Å². The maximum Gasteiger partial charge on any atom is 0.330 e. The quantitative estimate of drug-likeness (QED) is 0.378. The van der Waals surface area contributed by atoms with Gasteiger partial charge in [-0.15, -0.1) is 0 Å². The molecule has 0 bridgehead atoms. The molecular formula is C21H34O2. The van der Waals surface area contributed by atoms with Crippen LogP contribution in [-0.2, 0) is 9.53 Å². The van der Waals surface area contributed by atoms with Crippen LogP contribution in [0.15, 0.2) is 23.3 Å². The first-order valence-electron chi connectivity index (χ1n) is 9.16. The predicted molar refractivity (Wildman–Crippen MR) is 96.1 cm³/mol. The molecule has 2 rings (SSSR count). The molecule has 1 fully saturated rings. The fraction of sp³-hybridized carbons (Fsp3) is 0.762. The minimum Gasteiger partial charge on any atom is -0.466 e. The Labute approximate surface area is 142 Å². The summed E-state index contributed by atoms with van der Waals surface area (Å²) in [6.45, 7) is 11.8. The van der Waals surface area contributed by atoms with Gasteiger partial charge in [0.1, 0.15) is 0 Å². The number of ether oxygens (including phenoxy) is 1. The highest BCUT2D eigenvalue weighted by molar-refractivity contribution is 5.82. The third-order valence-electron chi connectivity index (χ3n) is 7.22. The van der Waals surface area contributed by atoms with Crippen molar-refractivity contribution in [2.45, 2.75) is 73.1 Å². The predicted octanol–water partition coefficient (Wildman–Crippen LogP) is 5.68. The second kappa shape index (κ2) is 6.83. The van der Waals surface area contributed by atoms with E-state index in [1.54, 1.807) is 11.6 Å². The van der Waals surface area contributed by atoms with Crippen molar-refractivity contribution in [3.8, 4) is 0 Å². The minimum absolute atomic E-state index is 0.231. The summed E-state index contributed by atoms with van der Waals surface area (Å²) in [5.41, 5.74) is 3.47. The van der Waals surface area contributed by atoms with Crippen LogP contribution in [0.5, 0.6) is 0 Å². The van der Waals surface area contributed by atoms with E-state index in [9.17, 15) is 4.79 Å². The minimum atomic E-state index is -0.231. The molecule has 23 heavy (non-hydrogen) atoms. The van der Waals surface area contributed by atoms with Crippen molar-refractivity contribution in [3.63, 3.8) is 0 Å². The van der Waals surface area contributed by atoms with Crippen molar-refractivity contribution < 1.29 is 9.53 Å². The van der Waals surface area contributed by atoms with E-state index in [2.05, 4.69) is 40.7 Å². The van der Waals surface area contributed by atoms with Gasteiger partial charge in [0.2, 0.25) is 0 Å². The van der Waals surface area contributed by atoms with E-state index in [4.69, 9.17) is 4.74 Å². The molecule has 0 spiro atoms. The molecule has 2 aliphatic carbocycles. The Bertz CT molecular complexity index is 516. The first-order chi connectivity index (χ1) is 10.7. The van der Waals surface area contributed by atoms with Crippen molar-refractivity contribution in [3.05, 3.63) is 23.3 Å². The Hall–Kier alpha value is -1.05. The van der Waals surface area contributed by atoms with E-state index in [0.29, 0.717) is 10.8 Å². The Balaban J connectivity index is 2.19. The van der Waals surface area contributed by atoms with Gasteiger partial charge in [0, 0.05) is 6.08 Å². The van der Waals surface area contributed by atoms with Gasteiger partial charge >= 0.3 is 5.97 Å². The molecule has 2 nitrogen and oxygen atoms in total. The summed E-state index contributed by atoms with van der Waals surface area (Å²) in [6, 6.07) is 0. The standard InChI is InChI=1S/C21H34O2/c1-15(14-19(22)23-6)10-12-20(4)17(3)11-13-21(5)16(2)8-7-9-18(20)21/h8,14,17-18H,7,9-13H2,1-6H3/b15-14-/t17-,18-,20+,21+/m1/s1. The molecule has 0 heterocycles. The molecule has 0 aromatic carbocycles. The van der Waals surface area contributed by atoms with E-state index >= 15 is 0 Å². The Morgan fingerprint density at radius 1 is 1.39 bits per heavy atom. The fourth-order valence-electron chi connectivity index (χ4n) is 5.13. The molecule has 0 unspecified atom stereocenters. The van der Waals surface area contributed by atoms with Crippen molar-refractivity contribution in [2.75, 3.05) is 7.11 Å². The van der Waals surface area contributed by atoms with Crippen LogP contribution in [0.25, 0.3) is 0 Å². The van der Waals surface area contributed by atoms with E-state index < -0.39 is 0 Å². The van der Waals surface area contributed by atoms with Gasteiger partial charge in [0.05, 0.1) is 7.11 Å². The van der Waals surface area contributed by atoms with Crippen molar-refractivity contribution >= 4 is 5.97 Å². The van der Waals surface area contributed by atoms with Crippen LogP contribution >= 0.6 is 0 Å². The lowest BCUT2D eigenvalue weighted by Crippen LogP contribution is -2.49. The maximum atomic E-state index is 11.4. The molecule has 130 valence electrons. The van der Waals surface area contributed by atoms with Gasteiger partial charge in [-0.05, 0) is 75.0 Å². The zero-order valence-corrected chi connectivity index (χ0v) is 15.9. The number of rotatable bonds is 4. The number of methoxy groups -OCH3 is 1. The Morgan fingerprint density at radius 3 is 2.74 bits per heavy atom. The van der Waals surface area contributed by atoms with E-state index in [-0.39, 0.29) is 5.97 Å². The molecule has 1 saturated carbocycles. The van der Waals surface area contributed by atoms with Gasteiger partial charge in [-0.2, -0.15) is 0 Å². The zero-order chi connectivity index (χ0) is 17.3. The van der Waals surface area contributed by atoms with Crippen LogP contribution in [-0.4, -0.2) is 13.1 Å². The fourth-order valence-corrected chi connectivity index (χ4v) is 5.13. The van der Waals surface area contributed by atoms with Crippen LogP contribution < -0.4 is 0 Å². The monoisotopic (exact) mass is 318 g/mol. The number of carbonyl (C=O) groups excluding carboxylic acids is 1. The second-order valence-corrected chi connectivity index (χ2v) is 8.39. The second-order valence-electron chi connectivity index (χ2n) is 8.39. The average molecular weight is 319 g/mol. The van der Waals surface area contributed by atoms with Crippen molar-refractivity contribution in [1.29, 1.82) is 0 Å². The summed E-state index contributed by atoms with van der Waals surface area (Å²) in [7, 11) is 1.44. The molecule has 2 heteroatoms. The lowest BCUT2D eigenvalue weighted by molar-refractivity contribution is -0.134. The van der Waals surface area contributed by atoms with Crippen molar-refractivity contribution in [2.24, 2.45) is 22.7 Å². The first-order valence-corrected chi connectivity index (χ1v) is 9.16. The summed E-state index contributed by atoms with van der Waals surface area (Å²) >= 11 is 0. The molecule has 0 radical (unpaired) electrons. The molecule has 0 aliphatic heterocycles. The van der Waals surface area contributed by atoms with Crippen LogP contribution in [0.3, 0.4) is 0 Å². The highest BCUT2D eigenvalue weighted by Crippen LogP contribution is 2.61. The third-order valence-corrected chi connectivity index (χ3v) is 7.22. The van der Waals surface area contributed by atoms with Crippen LogP contribution in [0.2, 0.25) is 0 Å². The lowest BCUT2D eigenvalue weighted by Gasteiger charge is -2.58. The molecular weight excluding hydrogens is 284 g/mol. The van der Waals surface area contributed by atoms with Gasteiger partial charge < -0.3 is 4.74 Å². The molecule has 4 atom stereocenters. The summed E-state index contributed by atoms with van der Waals surface area (Å²) in [5, 5.41) is 0. The SMILES string of the molecule is COC(=O)/C=C(/C)CC[C@@]1(C)[C@H](C)CC[C@@]2(C)C(C)=CCC[C@H]12. The first kappa shape index (κ1) is 18.3. The largest absolute Gasteiger partial charge is 0.466 e. The Kier molecular flexibility index (Phi) is 5.43. The summed E-state index contributed by atoms with van der Waals surface area (Å²) in [5.74, 6) is 1.28. The Morgan fingerprint density at radius 2 is 2.09 bits per heavy atom. The number of esters is 1. The lowest BCUT2D eigenvalue weighted by atomic mass is 9.47. The number of hydrogen-bond donors (Lipinski definition) is 0. The summed E-state index contributed by atoms with van der Waals surface area (Å²) < 4.78 is 4.75. The average Bonchev–Trinajstić information content (AvgIpc) is 2.52. The number of carbonyl (C=O) groups is 1. The van der Waals surface area contributed by atoms with Crippen LogP contribution in [0, 0.1) is 22.7 Å². The number of hydrogen-bond acceptors (Lipinski definition) is 2. The highest BCUT2D eigenvalue weighted by atomic mass is 16.5. The summed E-state index contributed by atoms with van der Waals surface area (Å²) in [4.78, 5) is 11.4. The van der Waals surface area contributed by atoms with E-state index in [1.165, 1.54) is 39.2 Å². The van der Waals surface area contributed by atoms with Crippen LogP contribution in [0.4, 0.5) is 0 Å². The molecule has 0 saturated heterocycles. The maximum absolute atomic E-state index is 11.4. The zero-order valence-electron chi connectivity index (χ0n) is 15.9. The molecule has 2 aliphatic rings. The third kappa shape index (κ3) is 3.41. The topological polar surface area (TPSA) is 26.3 Å². The van der Waals surface area contributed by atoms with Gasteiger partial charge in [0.15, 0.2) is 0 Å². The van der Waals surface area contributed by atoms with E-state index in [1.807, 2.05) is 0 Å². The normalized spacial score (nSPS) is 37.8.